The van der Waals surface area contributed by atoms with E-state index in [4.69, 9.17) is 4.84 Å². The van der Waals surface area contributed by atoms with Crippen LogP contribution in [0.2, 0.25) is 0 Å². The zero-order valence-electron chi connectivity index (χ0n) is 14.3. The average Bonchev–Trinajstić information content (AvgIpc) is 2.59. The highest BCUT2D eigenvalue weighted by atomic mass is 16.7. The lowest BCUT2D eigenvalue weighted by molar-refractivity contribution is -0.130. The third-order valence-electron chi connectivity index (χ3n) is 4.78. The highest BCUT2D eigenvalue weighted by Crippen LogP contribution is 2.36. The number of carbonyl (C=O) groups is 3. The van der Waals surface area contributed by atoms with E-state index < -0.39 is 12.0 Å². The second-order valence-electron chi connectivity index (χ2n) is 6.47. The molecule has 8 heteroatoms. The molecule has 0 aromatic rings. The molecule has 0 spiro atoms. The third kappa shape index (κ3) is 5.58. The molecular weight excluding hydrogens is 312 g/mol. The van der Waals surface area contributed by atoms with E-state index in [0.717, 1.165) is 18.9 Å². The summed E-state index contributed by atoms with van der Waals surface area (Å²) in [4.78, 5) is 41.4. The number of hydrogen-bond donors (Lipinski definition) is 3. The second-order valence-corrected chi connectivity index (χ2v) is 6.47. The summed E-state index contributed by atoms with van der Waals surface area (Å²) in [6.07, 6.45) is 5.55. The third-order valence-corrected chi connectivity index (χ3v) is 4.78. The lowest BCUT2D eigenvalue weighted by Gasteiger charge is -2.40. The summed E-state index contributed by atoms with van der Waals surface area (Å²) in [5.41, 5.74) is 2.16. The number of nitrogens with one attached hydrogen (secondary N) is 3. The first-order valence-corrected chi connectivity index (χ1v) is 8.86. The van der Waals surface area contributed by atoms with Crippen molar-refractivity contribution in [2.75, 3.05) is 26.2 Å². The van der Waals surface area contributed by atoms with E-state index in [1.165, 1.54) is 25.7 Å². The Balaban J connectivity index is 1.62. The molecule has 1 aliphatic carbocycles. The first kappa shape index (κ1) is 18.4. The van der Waals surface area contributed by atoms with Gasteiger partial charge in [-0.1, -0.05) is 19.3 Å². The van der Waals surface area contributed by atoms with Crippen LogP contribution in [-0.4, -0.2) is 49.1 Å². The molecule has 0 aromatic carbocycles. The fourth-order valence-electron chi connectivity index (χ4n) is 3.50. The van der Waals surface area contributed by atoms with Gasteiger partial charge in [-0.2, -0.15) is 5.48 Å². The summed E-state index contributed by atoms with van der Waals surface area (Å²) >= 11 is 0. The van der Waals surface area contributed by atoms with Crippen molar-refractivity contribution in [2.24, 2.45) is 11.8 Å². The predicted octanol–water partition coefficient (Wildman–Crippen LogP) is 1.38. The number of likely N-dealkylation sites (tertiary alicyclic amines) is 1. The second kappa shape index (κ2) is 9.34. The molecule has 2 aliphatic rings. The fourth-order valence-corrected chi connectivity index (χ4v) is 3.50. The van der Waals surface area contributed by atoms with Crippen molar-refractivity contribution in [3.63, 3.8) is 0 Å². The zero-order chi connectivity index (χ0) is 17.4. The molecule has 136 valence electrons. The highest BCUT2D eigenvalue weighted by molar-refractivity contribution is 5.79. The lowest BCUT2D eigenvalue weighted by atomic mass is 9.75. The van der Waals surface area contributed by atoms with Crippen molar-refractivity contribution in [1.29, 1.82) is 0 Å². The van der Waals surface area contributed by atoms with E-state index >= 15 is 0 Å². The van der Waals surface area contributed by atoms with Gasteiger partial charge in [-0.25, -0.2) is 9.59 Å². The predicted molar refractivity (Wildman–Crippen MR) is 88.0 cm³/mol. The van der Waals surface area contributed by atoms with Gasteiger partial charge in [-0.15, -0.1) is 0 Å². The number of hydroxylamine groups is 1. The van der Waals surface area contributed by atoms with Crippen molar-refractivity contribution >= 4 is 18.0 Å². The van der Waals surface area contributed by atoms with E-state index in [0.29, 0.717) is 19.0 Å². The van der Waals surface area contributed by atoms with Gasteiger partial charge >= 0.3 is 12.1 Å². The summed E-state index contributed by atoms with van der Waals surface area (Å²) in [5, 5.41) is 5.10. The molecular formula is C16H28N4O4. The van der Waals surface area contributed by atoms with Gasteiger partial charge in [0.1, 0.15) is 0 Å². The maximum absolute atomic E-state index is 12.1. The first-order chi connectivity index (χ1) is 11.6. The van der Waals surface area contributed by atoms with Gasteiger partial charge in [-0.05, 0) is 31.6 Å². The van der Waals surface area contributed by atoms with Crippen molar-refractivity contribution in [2.45, 2.75) is 45.4 Å². The van der Waals surface area contributed by atoms with Gasteiger partial charge in [0.15, 0.2) is 0 Å². The Kier molecular flexibility index (Phi) is 7.14. The molecule has 0 radical (unpaired) electrons. The van der Waals surface area contributed by atoms with Gasteiger partial charge in [0.2, 0.25) is 0 Å². The maximum atomic E-state index is 12.1. The minimum absolute atomic E-state index is 0.0507. The van der Waals surface area contributed by atoms with E-state index in [-0.39, 0.29) is 19.0 Å². The standard InChI is InChI=1S/C16H28N4O4/c1-2-17-15(22)18-9-7-14(21)19-24-16(23)20-10-8-12-5-3-4-6-13(12)11-20/h12-13H,2-11H2,1H3,(H,19,21)(H2,17,18,22). The number of hydrogen-bond acceptors (Lipinski definition) is 4. The van der Waals surface area contributed by atoms with Crippen LogP contribution in [0.5, 0.6) is 0 Å². The molecule has 4 amide bonds. The quantitative estimate of drug-likeness (QED) is 0.673. The minimum Gasteiger partial charge on any atom is -0.338 e. The van der Waals surface area contributed by atoms with E-state index in [1.54, 1.807) is 4.90 Å². The van der Waals surface area contributed by atoms with Gasteiger partial charge in [-0.3, -0.25) is 4.79 Å². The summed E-state index contributed by atoms with van der Waals surface area (Å²) in [6, 6.07) is -0.322. The summed E-state index contributed by atoms with van der Waals surface area (Å²) < 4.78 is 0. The van der Waals surface area contributed by atoms with Gasteiger partial charge in [0, 0.05) is 32.6 Å². The van der Waals surface area contributed by atoms with Crippen molar-refractivity contribution in [1.82, 2.24) is 21.0 Å². The van der Waals surface area contributed by atoms with Crippen LogP contribution in [0, 0.1) is 11.8 Å². The van der Waals surface area contributed by atoms with Crippen LogP contribution >= 0.6 is 0 Å². The molecule has 24 heavy (non-hydrogen) atoms. The molecule has 2 rings (SSSR count). The lowest BCUT2D eigenvalue weighted by Crippen LogP contribution is -2.46. The van der Waals surface area contributed by atoms with E-state index in [9.17, 15) is 14.4 Å². The zero-order valence-corrected chi connectivity index (χ0v) is 14.3. The average molecular weight is 340 g/mol. The van der Waals surface area contributed by atoms with Crippen molar-refractivity contribution in [3.8, 4) is 0 Å². The van der Waals surface area contributed by atoms with Crippen LogP contribution in [0.15, 0.2) is 0 Å². The molecule has 1 aliphatic heterocycles. The number of fused-ring (bicyclic) bond motifs is 1. The van der Waals surface area contributed by atoms with Crippen LogP contribution < -0.4 is 16.1 Å². The van der Waals surface area contributed by atoms with E-state index in [2.05, 4.69) is 16.1 Å². The first-order valence-electron chi connectivity index (χ1n) is 8.86. The van der Waals surface area contributed by atoms with Gasteiger partial charge < -0.3 is 20.4 Å². The number of carbonyl (C=O) groups excluding carboxylic acids is 3. The highest BCUT2D eigenvalue weighted by Gasteiger charge is 2.33. The van der Waals surface area contributed by atoms with Crippen LogP contribution in [0.25, 0.3) is 0 Å². The van der Waals surface area contributed by atoms with Crippen molar-refractivity contribution < 1.29 is 19.2 Å². The SMILES string of the molecule is CCNC(=O)NCCC(=O)NOC(=O)N1CCC2CCCCC2C1. The molecule has 2 fully saturated rings. The number of urea groups is 1. The van der Waals surface area contributed by atoms with Crippen LogP contribution in [-0.2, 0) is 9.63 Å². The van der Waals surface area contributed by atoms with Gasteiger partial charge in [0.05, 0.1) is 0 Å². The normalized spacial score (nSPS) is 23.0. The molecule has 0 bridgehead atoms. The Hall–Kier alpha value is -1.99. The molecule has 1 heterocycles. The molecule has 8 nitrogen and oxygen atoms in total. The Labute approximate surface area is 142 Å². The summed E-state index contributed by atoms with van der Waals surface area (Å²) in [6.45, 7) is 3.92. The van der Waals surface area contributed by atoms with Crippen molar-refractivity contribution in [3.05, 3.63) is 0 Å². The molecule has 0 aromatic heterocycles. The van der Waals surface area contributed by atoms with E-state index in [1.807, 2.05) is 6.92 Å². The summed E-state index contributed by atoms with van der Waals surface area (Å²) in [5.74, 6) is 0.863. The smallest absolute Gasteiger partial charge is 0.338 e. The Morgan fingerprint density at radius 1 is 1.08 bits per heavy atom. The topological polar surface area (TPSA) is 99.8 Å². The Bertz CT molecular complexity index is 457. The molecule has 2 unspecified atom stereocenters. The Morgan fingerprint density at radius 2 is 1.83 bits per heavy atom. The maximum Gasteiger partial charge on any atom is 0.434 e. The Morgan fingerprint density at radius 3 is 2.58 bits per heavy atom. The molecule has 2 atom stereocenters. The molecule has 1 saturated carbocycles. The molecule has 1 saturated heterocycles. The monoisotopic (exact) mass is 340 g/mol. The van der Waals surface area contributed by atoms with Gasteiger partial charge in [0.25, 0.3) is 5.91 Å². The number of nitrogens with zero attached hydrogens (tertiary/aromatic N) is 1. The minimum atomic E-state index is -0.496. The van der Waals surface area contributed by atoms with Crippen LogP contribution in [0.3, 0.4) is 0 Å². The number of rotatable bonds is 4. The number of amides is 4. The fraction of sp³-hybridized carbons (Fsp3) is 0.812. The van der Waals surface area contributed by atoms with Crippen LogP contribution in [0.4, 0.5) is 9.59 Å². The van der Waals surface area contributed by atoms with Crippen LogP contribution in [0.1, 0.15) is 45.4 Å². The molecule has 3 N–H and O–H groups in total. The largest absolute Gasteiger partial charge is 0.434 e. The number of piperidine rings is 1. The summed E-state index contributed by atoms with van der Waals surface area (Å²) in [7, 11) is 0.